The van der Waals surface area contributed by atoms with Crippen molar-refractivity contribution in [2.45, 2.75) is 0 Å². The third-order valence-electron chi connectivity index (χ3n) is 2.80. The van der Waals surface area contributed by atoms with Crippen molar-refractivity contribution in [1.29, 1.82) is 0 Å². The molecule has 0 radical (unpaired) electrons. The molecule has 0 bridgehead atoms. The quantitative estimate of drug-likeness (QED) is 0.668. The van der Waals surface area contributed by atoms with Crippen molar-refractivity contribution in [2.24, 2.45) is 0 Å². The van der Waals surface area contributed by atoms with Crippen LogP contribution in [0.5, 0.6) is 0 Å². The van der Waals surface area contributed by atoms with Crippen molar-refractivity contribution in [3.63, 3.8) is 0 Å². The maximum atomic E-state index is 11.7. The van der Waals surface area contributed by atoms with Crippen LogP contribution in [-0.2, 0) is 4.79 Å². The number of benzene rings is 2. The number of rotatable bonds is 0. The molecule has 2 aromatic rings. The van der Waals surface area contributed by atoms with Crippen LogP contribution in [0.15, 0.2) is 42.5 Å². The molecule has 0 heterocycles. The zero-order chi connectivity index (χ0) is 11.1. The van der Waals surface area contributed by atoms with Gasteiger partial charge < -0.3 is 0 Å². The van der Waals surface area contributed by atoms with Crippen molar-refractivity contribution >= 4 is 40.8 Å². The summed E-state index contributed by atoms with van der Waals surface area (Å²) in [5.74, 6) is -0.856. The average molecular weight is 245 g/mol. The lowest BCUT2D eigenvalue weighted by Gasteiger charge is -2.09. The number of ketones is 2. The van der Waals surface area contributed by atoms with Crippen LogP contribution in [0.3, 0.4) is 0 Å². The first kappa shape index (κ1) is 11.6. The Morgan fingerprint density at radius 3 is 2.18 bits per heavy atom. The van der Waals surface area contributed by atoms with Gasteiger partial charge in [0, 0.05) is 5.56 Å². The summed E-state index contributed by atoms with van der Waals surface area (Å²) in [4.78, 5) is 22.9. The Hall–Kier alpha value is -1.93. The largest absolute Gasteiger partial charge is 0.286 e. The molecule has 0 saturated heterocycles. The van der Waals surface area contributed by atoms with E-state index in [9.17, 15) is 9.59 Å². The van der Waals surface area contributed by atoms with Gasteiger partial charge in [0.2, 0.25) is 11.6 Å². The summed E-state index contributed by atoms with van der Waals surface area (Å²) in [6.07, 6.45) is 3.03. The molecule has 3 rings (SSSR count). The van der Waals surface area contributed by atoms with E-state index in [1.807, 2.05) is 30.3 Å². The Labute approximate surface area is 104 Å². The van der Waals surface area contributed by atoms with Crippen LogP contribution in [0.25, 0.3) is 16.8 Å². The number of halogens is 1. The summed E-state index contributed by atoms with van der Waals surface area (Å²) in [7, 11) is 0. The van der Waals surface area contributed by atoms with E-state index in [0.29, 0.717) is 5.56 Å². The SMILES string of the molecule is Cl.O=C1C=Cc2cc3ccccc3cc2C1=O. The van der Waals surface area contributed by atoms with Gasteiger partial charge in [0.05, 0.1) is 0 Å². The van der Waals surface area contributed by atoms with E-state index in [1.165, 1.54) is 6.08 Å². The maximum Gasteiger partial charge on any atom is 0.233 e. The van der Waals surface area contributed by atoms with Crippen molar-refractivity contribution in [1.82, 2.24) is 0 Å². The maximum absolute atomic E-state index is 11.7. The van der Waals surface area contributed by atoms with Crippen molar-refractivity contribution < 1.29 is 9.59 Å². The van der Waals surface area contributed by atoms with Crippen molar-refractivity contribution in [3.8, 4) is 0 Å². The number of hydrogen-bond acceptors (Lipinski definition) is 2. The molecule has 84 valence electrons. The van der Waals surface area contributed by atoms with E-state index >= 15 is 0 Å². The summed E-state index contributed by atoms with van der Waals surface area (Å²) in [5, 5.41) is 2.06. The highest BCUT2D eigenvalue weighted by molar-refractivity contribution is 6.50. The highest BCUT2D eigenvalue weighted by Gasteiger charge is 2.20. The molecule has 0 spiro atoms. The molecule has 17 heavy (non-hydrogen) atoms. The second-order valence-corrected chi connectivity index (χ2v) is 3.81. The minimum absolute atomic E-state index is 0. The number of carbonyl (C=O) groups excluding carboxylic acids is 2. The van der Waals surface area contributed by atoms with E-state index in [1.54, 1.807) is 12.1 Å². The van der Waals surface area contributed by atoms with Crippen LogP contribution in [0.4, 0.5) is 0 Å². The zero-order valence-electron chi connectivity index (χ0n) is 8.84. The van der Waals surface area contributed by atoms with Crippen molar-refractivity contribution in [3.05, 3.63) is 53.6 Å². The standard InChI is InChI=1S/C14H8O2.ClH/c15-13-6-5-11-7-9-3-1-2-4-10(9)8-12(11)14(13)16;/h1-8H;1H. The van der Waals surface area contributed by atoms with Crippen LogP contribution in [0.2, 0.25) is 0 Å². The summed E-state index contributed by atoms with van der Waals surface area (Å²) in [6, 6.07) is 11.5. The van der Waals surface area contributed by atoms with Crippen molar-refractivity contribution in [2.75, 3.05) is 0 Å². The van der Waals surface area contributed by atoms with E-state index in [0.717, 1.165) is 16.3 Å². The van der Waals surface area contributed by atoms with Gasteiger partial charge in [0.1, 0.15) is 0 Å². The molecule has 0 saturated carbocycles. The van der Waals surface area contributed by atoms with Crippen LogP contribution >= 0.6 is 12.4 Å². The monoisotopic (exact) mass is 244 g/mol. The molecule has 3 heteroatoms. The van der Waals surface area contributed by atoms with Gasteiger partial charge in [0.25, 0.3) is 0 Å². The van der Waals surface area contributed by atoms with E-state index in [4.69, 9.17) is 0 Å². The Bertz CT molecular complexity index is 656. The average Bonchev–Trinajstić information content (AvgIpc) is 2.32. The predicted octanol–water partition coefficient (Wildman–Crippen LogP) is 3.04. The van der Waals surface area contributed by atoms with Gasteiger partial charge >= 0.3 is 0 Å². The Balaban J connectivity index is 0.00000108. The second-order valence-electron chi connectivity index (χ2n) is 3.81. The highest BCUT2D eigenvalue weighted by Crippen LogP contribution is 2.24. The highest BCUT2D eigenvalue weighted by atomic mass is 35.5. The fourth-order valence-corrected chi connectivity index (χ4v) is 1.97. The lowest BCUT2D eigenvalue weighted by molar-refractivity contribution is -0.110. The number of fused-ring (bicyclic) bond motifs is 2. The molecular formula is C14H9ClO2. The Kier molecular flexibility index (Phi) is 2.82. The molecule has 1 aliphatic rings. The Morgan fingerprint density at radius 2 is 1.47 bits per heavy atom. The van der Waals surface area contributed by atoms with Crippen LogP contribution in [0, 0.1) is 0 Å². The molecular weight excluding hydrogens is 236 g/mol. The topological polar surface area (TPSA) is 34.1 Å². The minimum Gasteiger partial charge on any atom is -0.286 e. The predicted molar refractivity (Wildman–Crippen MR) is 69.6 cm³/mol. The summed E-state index contributed by atoms with van der Waals surface area (Å²) in [5.41, 5.74) is 1.33. The van der Waals surface area contributed by atoms with Gasteiger partial charge in [-0.3, -0.25) is 9.59 Å². The zero-order valence-corrected chi connectivity index (χ0v) is 9.66. The van der Waals surface area contributed by atoms with Gasteiger partial charge in [-0.1, -0.05) is 30.3 Å². The lowest BCUT2D eigenvalue weighted by Crippen LogP contribution is -2.15. The first-order valence-electron chi connectivity index (χ1n) is 5.05. The van der Waals surface area contributed by atoms with Gasteiger partial charge in [-0.25, -0.2) is 0 Å². The van der Waals surface area contributed by atoms with Gasteiger partial charge in [-0.05, 0) is 34.5 Å². The normalized spacial score (nSPS) is 13.4. The number of carbonyl (C=O) groups is 2. The van der Waals surface area contributed by atoms with E-state index in [-0.39, 0.29) is 12.4 Å². The lowest BCUT2D eigenvalue weighted by atomic mass is 9.92. The third-order valence-corrected chi connectivity index (χ3v) is 2.80. The molecule has 0 atom stereocenters. The fraction of sp³-hybridized carbons (Fsp3) is 0. The number of allylic oxidation sites excluding steroid dienone is 1. The van der Waals surface area contributed by atoms with Gasteiger partial charge in [-0.15, -0.1) is 12.4 Å². The first-order chi connectivity index (χ1) is 7.75. The van der Waals surface area contributed by atoms with E-state index in [2.05, 4.69) is 0 Å². The molecule has 0 unspecified atom stereocenters. The molecule has 0 aliphatic heterocycles. The van der Waals surface area contributed by atoms with Crippen LogP contribution in [-0.4, -0.2) is 11.6 Å². The van der Waals surface area contributed by atoms with E-state index < -0.39 is 11.6 Å². The Morgan fingerprint density at radius 1 is 0.824 bits per heavy atom. The molecule has 0 fully saturated rings. The summed E-state index contributed by atoms with van der Waals surface area (Å²) in [6.45, 7) is 0. The van der Waals surface area contributed by atoms with Gasteiger partial charge in [-0.2, -0.15) is 0 Å². The molecule has 0 amide bonds. The molecule has 0 aromatic heterocycles. The molecule has 2 aromatic carbocycles. The molecule has 1 aliphatic carbocycles. The number of Topliss-reactive ketones (excluding diaryl/α,β-unsaturated/α-hetero) is 1. The van der Waals surface area contributed by atoms with Gasteiger partial charge in [0.15, 0.2) is 0 Å². The second kappa shape index (κ2) is 4.15. The third kappa shape index (κ3) is 1.77. The first-order valence-corrected chi connectivity index (χ1v) is 5.05. The van der Waals surface area contributed by atoms with Crippen LogP contribution < -0.4 is 0 Å². The molecule has 0 N–H and O–H groups in total. The summed E-state index contributed by atoms with van der Waals surface area (Å²) < 4.78 is 0. The minimum atomic E-state index is -0.442. The number of hydrogen-bond donors (Lipinski definition) is 0. The smallest absolute Gasteiger partial charge is 0.233 e. The van der Waals surface area contributed by atoms with Crippen LogP contribution in [0.1, 0.15) is 15.9 Å². The fourth-order valence-electron chi connectivity index (χ4n) is 1.97. The summed E-state index contributed by atoms with van der Waals surface area (Å²) >= 11 is 0. The molecule has 2 nitrogen and oxygen atoms in total.